The fourth-order valence-corrected chi connectivity index (χ4v) is 2.60. The zero-order chi connectivity index (χ0) is 13.8. The number of thiophene rings is 1. The highest BCUT2D eigenvalue weighted by Crippen LogP contribution is 2.42. The number of ether oxygens (including phenoxy) is 1. The van der Waals surface area contributed by atoms with Crippen molar-refractivity contribution in [2.24, 2.45) is 0 Å². The van der Waals surface area contributed by atoms with Crippen LogP contribution in [0.15, 0.2) is 24.3 Å². The van der Waals surface area contributed by atoms with E-state index in [1.54, 1.807) is 7.11 Å². The zero-order valence-corrected chi connectivity index (χ0v) is 11.7. The molecule has 0 aliphatic carbocycles. The first-order valence-corrected chi connectivity index (χ1v) is 6.63. The number of nitrogens with zero attached hydrogens (tertiary/aromatic N) is 1. The first-order valence-electron chi connectivity index (χ1n) is 5.81. The zero-order valence-electron chi connectivity index (χ0n) is 10.9. The van der Waals surface area contributed by atoms with Crippen LogP contribution in [-0.4, -0.2) is 7.11 Å². The molecule has 98 valence electrons. The molecule has 0 aliphatic heterocycles. The van der Waals surface area contributed by atoms with E-state index in [9.17, 15) is 0 Å². The molecule has 0 saturated carbocycles. The summed E-state index contributed by atoms with van der Waals surface area (Å²) in [7, 11) is 1.55. The fraction of sp³-hybridized carbons (Fsp3) is 0.214. The lowest BCUT2D eigenvalue weighted by atomic mass is 10.1. The first-order chi connectivity index (χ1) is 9.15. The van der Waals surface area contributed by atoms with Gasteiger partial charge in [-0.25, -0.2) is 0 Å². The number of nitrogen functional groups attached to an aromatic ring is 1. The third kappa shape index (κ3) is 2.80. The molecule has 1 aromatic carbocycles. The number of aryl methyl sites for hydroxylation is 1. The minimum Gasteiger partial charge on any atom is -0.492 e. The topological polar surface area (TPSA) is 71.1 Å². The van der Waals surface area contributed by atoms with Crippen molar-refractivity contribution in [1.82, 2.24) is 0 Å². The SMILES string of the molecule is COc1c(NCc2ccc(C)cc2)sc(C#N)c1N. The van der Waals surface area contributed by atoms with Gasteiger partial charge in [-0.2, -0.15) is 5.26 Å². The van der Waals surface area contributed by atoms with E-state index in [0.29, 0.717) is 22.9 Å². The number of methoxy groups -OCH3 is 1. The van der Waals surface area contributed by atoms with Gasteiger partial charge in [0.2, 0.25) is 0 Å². The molecule has 1 aromatic heterocycles. The van der Waals surface area contributed by atoms with Crippen molar-refractivity contribution in [2.75, 3.05) is 18.2 Å². The highest BCUT2D eigenvalue weighted by atomic mass is 32.1. The maximum absolute atomic E-state index is 8.96. The normalized spacial score (nSPS) is 9.95. The molecule has 19 heavy (non-hydrogen) atoms. The van der Waals surface area contributed by atoms with Crippen LogP contribution < -0.4 is 15.8 Å². The second-order valence-corrected chi connectivity index (χ2v) is 5.18. The Balaban J connectivity index is 2.15. The lowest BCUT2D eigenvalue weighted by Crippen LogP contribution is -1.99. The maximum Gasteiger partial charge on any atom is 0.177 e. The van der Waals surface area contributed by atoms with Crippen molar-refractivity contribution in [3.63, 3.8) is 0 Å². The van der Waals surface area contributed by atoms with Crippen LogP contribution in [0, 0.1) is 18.3 Å². The molecule has 0 unspecified atom stereocenters. The van der Waals surface area contributed by atoms with Gasteiger partial charge in [0.25, 0.3) is 0 Å². The standard InChI is InChI=1S/C14H15N3OS/c1-9-3-5-10(6-4-9)8-17-14-13(18-2)12(16)11(7-15)19-14/h3-6,17H,8,16H2,1-2H3. The summed E-state index contributed by atoms with van der Waals surface area (Å²) in [5.74, 6) is 0.550. The number of hydrogen-bond acceptors (Lipinski definition) is 5. The number of rotatable bonds is 4. The van der Waals surface area contributed by atoms with E-state index in [2.05, 4.69) is 42.6 Å². The van der Waals surface area contributed by atoms with Crippen LogP contribution in [0.4, 0.5) is 10.7 Å². The molecule has 0 atom stereocenters. The summed E-state index contributed by atoms with van der Waals surface area (Å²) in [6.07, 6.45) is 0. The number of hydrogen-bond donors (Lipinski definition) is 2. The summed E-state index contributed by atoms with van der Waals surface area (Å²) in [6, 6.07) is 10.3. The average molecular weight is 273 g/mol. The molecule has 2 rings (SSSR count). The van der Waals surface area contributed by atoms with Crippen LogP contribution in [0.1, 0.15) is 16.0 Å². The van der Waals surface area contributed by atoms with Crippen molar-refractivity contribution in [3.05, 3.63) is 40.3 Å². The Hall–Kier alpha value is -2.19. The van der Waals surface area contributed by atoms with E-state index in [-0.39, 0.29) is 0 Å². The van der Waals surface area contributed by atoms with Gasteiger partial charge >= 0.3 is 0 Å². The summed E-state index contributed by atoms with van der Waals surface area (Å²) >= 11 is 1.31. The molecule has 0 fully saturated rings. The summed E-state index contributed by atoms with van der Waals surface area (Å²) in [5.41, 5.74) is 8.64. The Kier molecular flexibility index (Phi) is 3.93. The van der Waals surface area contributed by atoms with Crippen LogP contribution in [0.25, 0.3) is 0 Å². The van der Waals surface area contributed by atoms with Gasteiger partial charge in [0.05, 0.1) is 7.11 Å². The van der Waals surface area contributed by atoms with Gasteiger partial charge in [-0.1, -0.05) is 29.8 Å². The van der Waals surface area contributed by atoms with Crippen molar-refractivity contribution in [3.8, 4) is 11.8 Å². The first kappa shape index (κ1) is 13.2. The minimum atomic E-state index is 0.404. The van der Waals surface area contributed by atoms with E-state index in [1.807, 2.05) is 0 Å². The predicted molar refractivity (Wildman–Crippen MR) is 78.5 cm³/mol. The summed E-state index contributed by atoms with van der Waals surface area (Å²) in [6.45, 7) is 2.72. The Morgan fingerprint density at radius 3 is 2.63 bits per heavy atom. The molecule has 0 bridgehead atoms. The third-order valence-corrected chi connectivity index (χ3v) is 3.83. The third-order valence-electron chi connectivity index (χ3n) is 2.78. The molecule has 4 nitrogen and oxygen atoms in total. The number of anilines is 2. The average Bonchev–Trinajstić information content (AvgIpc) is 2.73. The van der Waals surface area contributed by atoms with Crippen LogP contribution in [0.2, 0.25) is 0 Å². The van der Waals surface area contributed by atoms with E-state index < -0.39 is 0 Å². The van der Waals surface area contributed by atoms with E-state index in [0.717, 1.165) is 10.6 Å². The van der Waals surface area contributed by atoms with Crippen LogP contribution in [0.5, 0.6) is 5.75 Å². The van der Waals surface area contributed by atoms with Gasteiger partial charge in [-0.05, 0) is 12.5 Å². The molecule has 0 aliphatic rings. The number of nitrogens with two attached hydrogens (primary N) is 1. The molecular weight excluding hydrogens is 258 g/mol. The molecule has 0 radical (unpaired) electrons. The van der Waals surface area contributed by atoms with Gasteiger partial charge in [0, 0.05) is 6.54 Å². The highest BCUT2D eigenvalue weighted by molar-refractivity contribution is 7.17. The van der Waals surface area contributed by atoms with Gasteiger partial charge < -0.3 is 15.8 Å². The van der Waals surface area contributed by atoms with E-state index >= 15 is 0 Å². The summed E-state index contributed by atoms with van der Waals surface area (Å²) in [4.78, 5) is 0.475. The summed E-state index contributed by atoms with van der Waals surface area (Å²) in [5, 5.41) is 13.0. The van der Waals surface area contributed by atoms with Crippen LogP contribution in [-0.2, 0) is 6.54 Å². The van der Waals surface area contributed by atoms with Gasteiger partial charge in [0.1, 0.15) is 21.6 Å². The summed E-state index contributed by atoms with van der Waals surface area (Å²) < 4.78 is 5.24. The second kappa shape index (κ2) is 5.63. The molecule has 0 amide bonds. The molecule has 2 aromatic rings. The monoisotopic (exact) mass is 273 g/mol. The number of benzene rings is 1. The molecule has 1 heterocycles. The van der Waals surface area contributed by atoms with Crippen molar-refractivity contribution in [2.45, 2.75) is 13.5 Å². The molecular formula is C14H15N3OS. The predicted octanol–water partition coefficient (Wildman–Crippen LogP) is 3.13. The largest absolute Gasteiger partial charge is 0.492 e. The molecule has 0 spiro atoms. The Morgan fingerprint density at radius 2 is 2.05 bits per heavy atom. The van der Waals surface area contributed by atoms with Crippen molar-refractivity contribution < 1.29 is 4.74 Å². The van der Waals surface area contributed by atoms with E-state index in [1.165, 1.54) is 16.9 Å². The molecule has 5 heteroatoms. The molecule has 0 saturated heterocycles. The minimum absolute atomic E-state index is 0.404. The highest BCUT2D eigenvalue weighted by Gasteiger charge is 2.16. The van der Waals surface area contributed by atoms with Crippen LogP contribution >= 0.6 is 11.3 Å². The van der Waals surface area contributed by atoms with E-state index in [4.69, 9.17) is 15.7 Å². The lowest BCUT2D eigenvalue weighted by molar-refractivity contribution is 0.420. The van der Waals surface area contributed by atoms with Gasteiger partial charge in [0.15, 0.2) is 5.75 Å². The Labute approximate surface area is 116 Å². The number of nitriles is 1. The van der Waals surface area contributed by atoms with Crippen molar-refractivity contribution in [1.29, 1.82) is 5.26 Å². The molecule has 3 N–H and O–H groups in total. The van der Waals surface area contributed by atoms with Crippen LogP contribution in [0.3, 0.4) is 0 Å². The van der Waals surface area contributed by atoms with Gasteiger partial charge in [-0.3, -0.25) is 0 Å². The fourth-order valence-electron chi connectivity index (χ4n) is 1.72. The van der Waals surface area contributed by atoms with Crippen molar-refractivity contribution >= 4 is 22.0 Å². The number of nitrogens with one attached hydrogen (secondary N) is 1. The maximum atomic E-state index is 8.96. The Bertz CT molecular complexity index is 611. The Morgan fingerprint density at radius 1 is 1.37 bits per heavy atom. The quantitative estimate of drug-likeness (QED) is 0.897. The van der Waals surface area contributed by atoms with Gasteiger partial charge in [-0.15, -0.1) is 11.3 Å². The lowest BCUT2D eigenvalue weighted by Gasteiger charge is -2.07. The second-order valence-electron chi connectivity index (χ2n) is 4.16. The smallest absolute Gasteiger partial charge is 0.177 e.